The van der Waals surface area contributed by atoms with Gasteiger partial charge in [0.05, 0.1) is 5.56 Å². The molecule has 0 atom stereocenters. The molecule has 1 heterocycles. The van der Waals surface area contributed by atoms with E-state index in [1.54, 1.807) is 18.2 Å². The number of hydrogen-bond donors (Lipinski definition) is 1. The SMILES string of the molecule is CN(CC(F)(F)F)C(=O)CN1Cc2cccc(N)c2C1=O. The van der Waals surface area contributed by atoms with E-state index in [9.17, 15) is 22.8 Å². The van der Waals surface area contributed by atoms with Gasteiger partial charge in [0.1, 0.15) is 13.1 Å². The number of nitrogen functional groups attached to an aromatic ring is 1. The Bertz CT molecular complexity index is 587. The van der Waals surface area contributed by atoms with Crippen LogP contribution in [0, 0.1) is 0 Å². The minimum absolute atomic E-state index is 0.171. The average molecular weight is 301 g/mol. The van der Waals surface area contributed by atoms with Gasteiger partial charge in [-0.05, 0) is 11.6 Å². The molecule has 1 aromatic carbocycles. The predicted octanol–water partition coefficient (Wildman–Crippen LogP) is 1.25. The third-order valence-electron chi connectivity index (χ3n) is 3.21. The average Bonchev–Trinajstić information content (AvgIpc) is 2.65. The summed E-state index contributed by atoms with van der Waals surface area (Å²) >= 11 is 0. The molecule has 2 N–H and O–H groups in total. The topological polar surface area (TPSA) is 66.6 Å². The van der Waals surface area contributed by atoms with Crippen LogP contribution in [0.4, 0.5) is 18.9 Å². The quantitative estimate of drug-likeness (QED) is 0.854. The van der Waals surface area contributed by atoms with Crippen molar-refractivity contribution in [2.24, 2.45) is 0 Å². The van der Waals surface area contributed by atoms with Gasteiger partial charge in [0.25, 0.3) is 5.91 Å². The molecule has 0 radical (unpaired) electrons. The Kier molecular flexibility index (Phi) is 3.80. The summed E-state index contributed by atoms with van der Waals surface area (Å²) in [5, 5.41) is 0. The van der Waals surface area contributed by atoms with Crippen LogP contribution in [0.2, 0.25) is 0 Å². The maximum absolute atomic E-state index is 12.2. The molecule has 2 rings (SSSR count). The van der Waals surface area contributed by atoms with Gasteiger partial charge in [0.2, 0.25) is 5.91 Å². The van der Waals surface area contributed by atoms with Gasteiger partial charge in [0.15, 0.2) is 0 Å². The van der Waals surface area contributed by atoms with Gasteiger partial charge in [-0.1, -0.05) is 12.1 Å². The molecule has 114 valence electrons. The maximum atomic E-state index is 12.2. The van der Waals surface area contributed by atoms with Crippen LogP contribution in [-0.4, -0.2) is 47.9 Å². The van der Waals surface area contributed by atoms with Gasteiger partial charge in [0, 0.05) is 19.3 Å². The van der Waals surface area contributed by atoms with E-state index in [-0.39, 0.29) is 6.54 Å². The summed E-state index contributed by atoms with van der Waals surface area (Å²) in [4.78, 5) is 25.6. The molecule has 0 aromatic heterocycles. The molecule has 5 nitrogen and oxygen atoms in total. The Balaban J connectivity index is 2.05. The van der Waals surface area contributed by atoms with Crippen molar-refractivity contribution in [3.05, 3.63) is 29.3 Å². The molecular weight excluding hydrogens is 287 g/mol. The number of carbonyl (C=O) groups is 2. The van der Waals surface area contributed by atoms with Crippen molar-refractivity contribution < 1.29 is 22.8 Å². The minimum atomic E-state index is -4.47. The number of amides is 2. The number of likely N-dealkylation sites (N-methyl/N-ethyl adjacent to an activating group) is 1. The van der Waals surface area contributed by atoms with E-state index in [1.165, 1.54) is 4.90 Å². The first kappa shape index (κ1) is 15.1. The third-order valence-corrected chi connectivity index (χ3v) is 3.21. The third kappa shape index (κ3) is 3.26. The van der Waals surface area contributed by atoms with Crippen LogP contribution in [0.1, 0.15) is 15.9 Å². The zero-order valence-corrected chi connectivity index (χ0v) is 11.3. The number of alkyl halides is 3. The monoisotopic (exact) mass is 301 g/mol. The standard InChI is InChI=1S/C13H14F3N3O2/c1-18(7-13(14,15)16)10(20)6-19-5-8-3-2-4-9(17)11(8)12(19)21/h2-4H,5-7,17H2,1H3. The van der Waals surface area contributed by atoms with Crippen molar-refractivity contribution >= 4 is 17.5 Å². The van der Waals surface area contributed by atoms with Gasteiger partial charge in [-0.2, -0.15) is 13.2 Å². The van der Waals surface area contributed by atoms with E-state index in [4.69, 9.17) is 5.73 Å². The molecule has 0 spiro atoms. The van der Waals surface area contributed by atoms with Crippen LogP contribution in [0.15, 0.2) is 18.2 Å². The Morgan fingerprint density at radius 2 is 2.10 bits per heavy atom. The predicted molar refractivity (Wildman–Crippen MR) is 69.3 cm³/mol. The summed E-state index contributed by atoms with van der Waals surface area (Å²) in [7, 11) is 1.05. The number of fused-ring (bicyclic) bond motifs is 1. The van der Waals surface area contributed by atoms with Gasteiger partial charge >= 0.3 is 6.18 Å². The lowest BCUT2D eigenvalue weighted by atomic mass is 10.1. The number of nitrogens with two attached hydrogens (primary N) is 1. The van der Waals surface area contributed by atoms with Crippen molar-refractivity contribution in [2.45, 2.75) is 12.7 Å². The molecule has 21 heavy (non-hydrogen) atoms. The fourth-order valence-corrected chi connectivity index (χ4v) is 2.22. The van der Waals surface area contributed by atoms with Crippen molar-refractivity contribution in [3.8, 4) is 0 Å². The van der Waals surface area contributed by atoms with Crippen molar-refractivity contribution in [3.63, 3.8) is 0 Å². The highest BCUT2D eigenvalue weighted by Gasteiger charge is 2.34. The molecule has 1 aliphatic rings. The van der Waals surface area contributed by atoms with Gasteiger partial charge in [-0.3, -0.25) is 9.59 Å². The van der Waals surface area contributed by atoms with E-state index < -0.39 is 31.1 Å². The van der Waals surface area contributed by atoms with E-state index >= 15 is 0 Å². The molecule has 0 saturated heterocycles. The summed E-state index contributed by atoms with van der Waals surface area (Å²) < 4.78 is 36.7. The van der Waals surface area contributed by atoms with Crippen LogP contribution < -0.4 is 5.73 Å². The molecule has 2 amide bonds. The second-order valence-electron chi connectivity index (χ2n) is 4.91. The number of benzene rings is 1. The van der Waals surface area contributed by atoms with Crippen molar-refractivity contribution in [2.75, 3.05) is 25.9 Å². The van der Waals surface area contributed by atoms with Gasteiger partial charge in [-0.15, -0.1) is 0 Å². The molecule has 0 bridgehead atoms. The summed E-state index contributed by atoms with van der Waals surface area (Å²) in [6.07, 6.45) is -4.47. The van der Waals surface area contributed by atoms with Crippen LogP contribution in [0.5, 0.6) is 0 Å². The van der Waals surface area contributed by atoms with E-state index in [2.05, 4.69) is 0 Å². The van der Waals surface area contributed by atoms with Crippen LogP contribution in [-0.2, 0) is 11.3 Å². The lowest BCUT2D eigenvalue weighted by molar-refractivity contribution is -0.158. The Morgan fingerprint density at radius 1 is 1.43 bits per heavy atom. The number of halogens is 3. The molecule has 0 fully saturated rings. The van der Waals surface area contributed by atoms with E-state index in [0.29, 0.717) is 21.7 Å². The lowest BCUT2D eigenvalue weighted by Crippen LogP contribution is -2.42. The normalized spacial score (nSPS) is 14.3. The molecule has 0 aliphatic carbocycles. The summed E-state index contributed by atoms with van der Waals surface area (Å²) in [5.74, 6) is -1.20. The Hall–Kier alpha value is -2.25. The van der Waals surface area contributed by atoms with Crippen molar-refractivity contribution in [1.82, 2.24) is 9.80 Å². The van der Waals surface area contributed by atoms with E-state index in [0.717, 1.165) is 7.05 Å². The molecule has 0 unspecified atom stereocenters. The first-order valence-corrected chi connectivity index (χ1v) is 6.16. The number of nitrogens with zero attached hydrogens (tertiary/aromatic N) is 2. The van der Waals surface area contributed by atoms with E-state index in [1.807, 2.05) is 0 Å². The fraction of sp³-hybridized carbons (Fsp3) is 0.385. The van der Waals surface area contributed by atoms with Gasteiger partial charge < -0.3 is 15.5 Å². The largest absolute Gasteiger partial charge is 0.406 e. The highest BCUT2D eigenvalue weighted by atomic mass is 19.4. The zero-order chi connectivity index (χ0) is 15.8. The molecule has 1 aromatic rings. The highest BCUT2D eigenvalue weighted by molar-refractivity contribution is 6.04. The Labute approximate surface area is 119 Å². The molecule has 8 heteroatoms. The number of carbonyl (C=O) groups excluding carboxylic acids is 2. The van der Waals surface area contributed by atoms with Crippen LogP contribution in [0.3, 0.4) is 0 Å². The highest BCUT2D eigenvalue weighted by Crippen LogP contribution is 2.27. The number of hydrogen-bond acceptors (Lipinski definition) is 3. The first-order chi connectivity index (χ1) is 9.69. The minimum Gasteiger partial charge on any atom is -0.398 e. The second kappa shape index (κ2) is 5.27. The van der Waals surface area contributed by atoms with Crippen molar-refractivity contribution in [1.29, 1.82) is 0 Å². The summed E-state index contributed by atoms with van der Waals surface area (Å²) in [6, 6.07) is 4.95. The number of anilines is 1. The fourth-order valence-electron chi connectivity index (χ4n) is 2.22. The maximum Gasteiger partial charge on any atom is 0.406 e. The Morgan fingerprint density at radius 3 is 2.67 bits per heavy atom. The van der Waals surface area contributed by atoms with Gasteiger partial charge in [-0.25, -0.2) is 0 Å². The summed E-state index contributed by atoms with van der Waals surface area (Å²) in [6.45, 7) is -1.58. The first-order valence-electron chi connectivity index (χ1n) is 6.16. The second-order valence-corrected chi connectivity index (χ2v) is 4.91. The molecule has 1 aliphatic heterocycles. The molecule has 0 saturated carbocycles. The van der Waals surface area contributed by atoms with Crippen LogP contribution in [0.25, 0.3) is 0 Å². The zero-order valence-electron chi connectivity index (χ0n) is 11.3. The van der Waals surface area contributed by atoms with Crippen LogP contribution >= 0.6 is 0 Å². The number of rotatable bonds is 3. The molecular formula is C13H14F3N3O2. The lowest BCUT2D eigenvalue weighted by Gasteiger charge is -2.22. The smallest absolute Gasteiger partial charge is 0.398 e. The summed E-state index contributed by atoms with van der Waals surface area (Å²) in [5.41, 5.74) is 7.00.